The van der Waals surface area contributed by atoms with Crippen LogP contribution in [-0.2, 0) is 9.59 Å². The fourth-order valence-electron chi connectivity index (χ4n) is 1.93. The number of carbonyl (C=O) groups excluding carboxylic acids is 2. The van der Waals surface area contributed by atoms with E-state index in [0.29, 0.717) is 11.7 Å². The summed E-state index contributed by atoms with van der Waals surface area (Å²) in [5.41, 5.74) is 0. The van der Waals surface area contributed by atoms with Crippen molar-refractivity contribution >= 4 is 33.5 Å². The molecule has 1 rings (SSSR count). The van der Waals surface area contributed by atoms with Gasteiger partial charge in [0.25, 0.3) is 0 Å². The lowest BCUT2D eigenvalue weighted by atomic mass is 10.1. The molecule has 0 aliphatic carbocycles. The number of Topliss-reactive ketones (excluding diaryl/α,β-unsaturated/α-hetero) is 1. The van der Waals surface area contributed by atoms with Crippen LogP contribution in [0.25, 0.3) is 0 Å². The van der Waals surface area contributed by atoms with Gasteiger partial charge in [0.1, 0.15) is 5.78 Å². The summed E-state index contributed by atoms with van der Waals surface area (Å²) in [4.78, 5) is 21.7. The maximum absolute atomic E-state index is 11.3. The van der Waals surface area contributed by atoms with Crippen LogP contribution in [0.2, 0.25) is 0 Å². The zero-order valence-corrected chi connectivity index (χ0v) is 14.8. The van der Waals surface area contributed by atoms with Crippen molar-refractivity contribution in [1.82, 2.24) is 4.31 Å². The first kappa shape index (κ1) is 19.8. The highest BCUT2D eigenvalue weighted by Gasteiger charge is 2.16. The normalized spacial score (nSPS) is 15.3. The summed E-state index contributed by atoms with van der Waals surface area (Å²) in [7, 11) is 3.22. The fourth-order valence-corrected chi connectivity index (χ4v) is 3.50. The van der Waals surface area contributed by atoms with Crippen molar-refractivity contribution in [2.45, 2.75) is 71.6 Å². The van der Waals surface area contributed by atoms with E-state index in [1.165, 1.54) is 32.1 Å². The molecule has 20 heavy (non-hydrogen) atoms. The van der Waals surface area contributed by atoms with Crippen molar-refractivity contribution in [3.63, 3.8) is 0 Å². The van der Waals surface area contributed by atoms with E-state index in [1.54, 1.807) is 28.7 Å². The Morgan fingerprint density at radius 3 is 2.55 bits per heavy atom. The van der Waals surface area contributed by atoms with Crippen LogP contribution in [-0.4, -0.2) is 28.8 Å². The van der Waals surface area contributed by atoms with Gasteiger partial charge in [-0.25, -0.2) is 0 Å². The third kappa shape index (κ3) is 11.6. The van der Waals surface area contributed by atoms with E-state index in [0.717, 1.165) is 32.2 Å². The van der Waals surface area contributed by atoms with Crippen molar-refractivity contribution in [1.29, 1.82) is 0 Å². The van der Waals surface area contributed by atoms with Crippen LogP contribution in [0.5, 0.6) is 0 Å². The zero-order chi connectivity index (χ0) is 15.2. The van der Waals surface area contributed by atoms with Gasteiger partial charge in [0.2, 0.25) is 5.91 Å². The van der Waals surface area contributed by atoms with E-state index in [9.17, 15) is 9.59 Å². The van der Waals surface area contributed by atoms with Gasteiger partial charge in [0.05, 0.1) is 0 Å². The molecule has 0 saturated carbocycles. The van der Waals surface area contributed by atoms with E-state index in [1.807, 2.05) is 10.6 Å². The minimum atomic E-state index is 0.307. The Morgan fingerprint density at radius 1 is 1.20 bits per heavy atom. The van der Waals surface area contributed by atoms with E-state index in [4.69, 9.17) is 0 Å². The molecule has 118 valence electrons. The van der Waals surface area contributed by atoms with Gasteiger partial charge in [-0.3, -0.25) is 9.10 Å². The number of unbranched alkanes of at least 4 members (excludes halogenated alkanes) is 3. The minimum Gasteiger partial charge on any atom is -0.300 e. The summed E-state index contributed by atoms with van der Waals surface area (Å²) in [6.45, 7) is 4.77. The second-order valence-corrected chi connectivity index (χ2v) is 7.43. The number of ketones is 1. The largest absolute Gasteiger partial charge is 0.300 e. The quantitative estimate of drug-likeness (QED) is 0.381. The van der Waals surface area contributed by atoms with Crippen LogP contribution >= 0.6 is 21.8 Å². The van der Waals surface area contributed by atoms with Gasteiger partial charge in [-0.05, 0) is 32.4 Å². The van der Waals surface area contributed by atoms with Crippen molar-refractivity contribution < 1.29 is 9.59 Å². The third-order valence-electron chi connectivity index (χ3n) is 3.08. The number of nitrogens with zero attached hydrogens (tertiary/aromatic N) is 1. The second-order valence-electron chi connectivity index (χ2n) is 5.06. The van der Waals surface area contributed by atoms with Crippen LogP contribution in [0.1, 0.15) is 71.6 Å². The second kappa shape index (κ2) is 13.8. The van der Waals surface area contributed by atoms with Crippen molar-refractivity contribution in [3.05, 3.63) is 0 Å². The molecule has 0 unspecified atom stereocenters. The Hall–Kier alpha value is -0.160. The molecule has 3 nitrogen and oxygen atoms in total. The predicted octanol–water partition coefficient (Wildman–Crippen LogP) is 4.86. The van der Waals surface area contributed by atoms with Crippen LogP contribution in [0.15, 0.2) is 0 Å². The molecule has 0 aromatic heterocycles. The third-order valence-corrected chi connectivity index (χ3v) is 4.78. The molecule has 1 fully saturated rings. The maximum Gasteiger partial charge on any atom is 0.233 e. The van der Waals surface area contributed by atoms with Crippen LogP contribution in [0.4, 0.5) is 0 Å². The number of carbonyl (C=O) groups is 2. The molecule has 1 saturated heterocycles. The van der Waals surface area contributed by atoms with Gasteiger partial charge in [-0.15, -0.1) is 0 Å². The number of rotatable bonds is 7. The van der Waals surface area contributed by atoms with Gasteiger partial charge in [-0.1, -0.05) is 43.4 Å². The molecule has 1 aliphatic rings. The average Bonchev–Trinajstić information content (AvgIpc) is 2.61. The van der Waals surface area contributed by atoms with Gasteiger partial charge in [0, 0.05) is 30.4 Å². The molecule has 0 aromatic rings. The summed E-state index contributed by atoms with van der Waals surface area (Å²) in [6.07, 6.45) is 11.8. The number of hydrogen-bond acceptors (Lipinski definition) is 4. The molecule has 5 heteroatoms. The SMILES string of the molecule is CCCCCCC(C)=O.CSSN1CCCCCC1=O. The summed E-state index contributed by atoms with van der Waals surface area (Å²) in [5.74, 6) is 0.632. The number of hydrogen-bond donors (Lipinski definition) is 0. The lowest BCUT2D eigenvalue weighted by Gasteiger charge is -2.16. The molecule has 1 aliphatic heterocycles. The van der Waals surface area contributed by atoms with Crippen molar-refractivity contribution in [3.8, 4) is 0 Å². The lowest BCUT2D eigenvalue weighted by molar-refractivity contribution is -0.125. The highest BCUT2D eigenvalue weighted by atomic mass is 33.1. The molecule has 0 spiro atoms. The Morgan fingerprint density at radius 2 is 1.95 bits per heavy atom. The Kier molecular flexibility index (Phi) is 13.7. The Bertz CT molecular complexity index is 273. The zero-order valence-electron chi connectivity index (χ0n) is 13.2. The topological polar surface area (TPSA) is 37.4 Å². The molecule has 1 amide bonds. The summed E-state index contributed by atoms with van der Waals surface area (Å²) in [6, 6.07) is 0. The molecular formula is C15H29NO2S2. The molecule has 0 radical (unpaired) electrons. The first-order chi connectivity index (χ1) is 9.61. The Labute approximate surface area is 132 Å². The van der Waals surface area contributed by atoms with Crippen LogP contribution in [0.3, 0.4) is 0 Å². The first-order valence-corrected chi connectivity index (χ1v) is 10.1. The van der Waals surface area contributed by atoms with Gasteiger partial charge in [0.15, 0.2) is 0 Å². The van der Waals surface area contributed by atoms with E-state index < -0.39 is 0 Å². The first-order valence-electron chi connectivity index (χ1n) is 7.62. The highest BCUT2D eigenvalue weighted by Crippen LogP contribution is 2.26. The fraction of sp³-hybridized carbons (Fsp3) is 0.867. The molecule has 0 atom stereocenters. The van der Waals surface area contributed by atoms with Gasteiger partial charge < -0.3 is 4.79 Å². The smallest absolute Gasteiger partial charge is 0.233 e. The molecule has 1 heterocycles. The minimum absolute atomic E-state index is 0.307. The van der Waals surface area contributed by atoms with E-state index in [-0.39, 0.29) is 0 Å². The standard InChI is InChI=1S/C8H16O.C7H13NOS2/c1-3-4-5-6-7-8(2)9;1-10-11-8-6-4-2-3-5-7(8)9/h3-7H2,1-2H3;2-6H2,1H3. The molecule has 0 bridgehead atoms. The summed E-state index contributed by atoms with van der Waals surface area (Å²) in [5, 5.41) is 0. The monoisotopic (exact) mass is 319 g/mol. The maximum atomic E-state index is 11.3. The van der Waals surface area contributed by atoms with E-state index >= 15 is 0 Å². The van der Waals surface area contributed by atoms with E-state index in [2.05, 4.69) is 6.92 Å². The molecule has 0 N–H and O–H groups in total. The van der Waals surface area contributed by atoms with Crippen LogP contribution < -0.4 is 0 Å². The summed E-state index contributed by atoms with van der Waals surface area (Å²) < 4.78 is 1.89. The highest BCUT2D eigenvalue weighted by molar-refractivity contribution is 8.75. The number of amides is 1. The Balaban J connectivity index is 0.000000370. The predicted molar refractivity (Wildman–Crippen MR) is 90.7 cm³/mol. The van der Waals surface area contributed by atoms with Crippen molar-refractivity contribution in [2.75, 3.05) is 12.8 Å². The molecule has 0 aromatic carbocycles. The lowest BCUT2D eigenvalue weighted by Crippen LogP contribution is -2.21. The summed E-state index contributed by atoms with van der Waals surface area (Å²) >= 11 is 0. The molecular weight excluding hydrogens is 290 g/mol. The average molecular weight is 320 g/mol. The van der Waals surface area contributed by atoms with Gasteiger partial charge >= 0.3 is 0 Å². The van der Waals surface area contributed by atoms with Gasteiger partial charge in [-0.2, -0.15) is 0 Å². The van der Waals surface area contributed by atoms with Crippen LogP contribution in [0, 0.1) is 0 Å². The van der Waals surface area contributed by atoms with Crippen molar-refractivity contribution in [2.24, 2.45) is 0 Å².